The standard InChI is InChI=1S/C18H19N3O3/c1-12-3-6-16(19-10-12)21-17(23)20-14-4-5-15-13(9-14)7-8-18(2,11-22)24-15/h3-10,22H,11H2,1-2H3,(H2,19,20,21,23). The van der Waals surface area contributed by atoms with Gasteiger partial charge in [0.1, 0.15) is 17.2 Å². The molecule has 2 heterocycles. The number of aromatic nitrogens is 1. The van der Waals surface area contributed by atoms with Crippen molar-refractivity contribution in [2.45, 2.75) is 19.4 Å². The number of ether oxygens (including phenoxy) is 1. The van der Waals surface area contributed by atoms with Crippen LogP contribution in [0.4, 0.5) is 16.3 Å². The summed E-state index contributed by atoms with van der Waals surface area (Å²) in [5.41, 5.74) is 1.79. The van der Waals surface area contributed by atoms with Crippen LogP contribution in [0.2, 0.25) is 0 Å². The summed E-state index contributed by atoms with van der Waals surface area (Å²) in [7, 11) is 0. The number of hydrogen-bond acceptors (Lipinski definition) is 4. The molecule has 1 atom stereocenters. The maximum absolute atomic E-state index is 12.0. The van der Waals surface area contributed by atoms with Crippen LogP contribution in [0.1, 0.15) is 18.1 Å². The SMILES string of the molecule is Cc1ccc(NC(=O)Nc2ccc3c(c2)C=CC(C)(CO)O3)nc1. The molecule has 0 bridgehead atoms. The fraction of sp³-hybridized carbons (Fsp3) is 0.222. The first kappa shape index (κ1) is 16.0. The van der Waals surface area contributed by atoms with E-state index in [-0.39, 0.29) is 12.6 Å². The minimum atomic E-state index is -0.712. The lowest BCUT2D eigenvalue weighted by atomic mass is 10.0. The number of aryl methyl sites for hydroxylation is 1. The average Bonchev–Trinajstić information content (AvgIpc) is 2.57. The molecule has 124 valence electrons. The van der Waals surface area contributed by atoms with Gasteiger partial charge in [-0.25, -0.2) is 9.78 Å². The smallest absolute Gasteiger partial charge is 0.324 e. The topological polar surface area (TPSA) is 83.5 Å². The number of fused-ring (bicyclic) bond motifs is 1. The third-order valence-corrected chi connectivity index (χ3v) is 3.69. The van der Waals surface area contributed by atoms with E-state index >= 15 is 0 Å². The van der Waals surface area contributed by atoms with E-state index in [1.807, 2.05) is 25.1 Å². The number of anilines is 2. The van der Waals surface area contributed by atoms with Crippen molar-refractivity contribution in [3.8, 4) is 5.75 Å². The number of amides is 2. The molecule has 2 amide bonds. The van der Waals surface area contributed by atoms with Crippen LogP contribution in [-0.4, -0.2) is 28.3 Å². The van der Waals surface area contributed by atoms with Gasteiger partial charge >= 0.3 is 6.03 Å². The highest BCUT2D eigenvalue weighted by Gasteiger charge is 2.26. The Morgan fingerprint density at radius 2 is 2.12 bits per heavy atom. The second-order valence-electron chi connectivity index (χ2n) is 5.96. The molecule has 6 nitrogen and oxygen atoms in total. The molecule has 2 aromatic rings. The van der Waals surface area contributed by atoms with Gasteiger partial charge in [-0.1, -0.05) is 12.1 Å². The summed E-state index contributed by atoms with van der Waals surface area (Å²) in [6.07, 6.45) is 5.36. The molecule has 0 saturated carbocycles. The molecule has 3 N–H and O–H groups in total. The number of nitrogens with zero attached hydrogens (tertiary/aromatic N) is 1. The minimum absolute atomic E-state index is 0.102. The molecule has 1 aromatic heterocycles. The maximum atomic E-state index is 12.0. The zero-order valence-corrected chi connectivity index (χ0v) is 13.5. The Hall–Kier alpha value is -2.86. The van der Waals surface area contributed by atoms with Crippen LogP contribution < -0.4 is 15.4 Å². The van der Waals surface area contributed by atoms with Gasteiger partial charge in [-0.05, 0) is 49.8 Å². The van der Waals surface area contributed by atoms with E-state index in [0.717, 1.165) is 11.1 Å². The number of carbonyl (C=O) groups is 1. The number of aliphatic hydroxyl groups is 1. The third-order valence-electron chi connectivity index (χ3n) is 3.69. The number of aliphatic hydroxyl groups excluding tert-OH is 1. The summed E-state index contributed by atoms with van der Waals surface area (Å²) in [4.78, 5) is 16.2. The fourth-order valence-electron chi connectivity index (χ4n) is 2.31. The van der Waals surface area contributed by atoms with Crippen LogP contribution >= 0.6 is 0 Å². The van der Waals surface area contributed by atoms with Gasteiger partial charge < -0.3 is 15.2 Å². The van der Waals surface area contributed by atoms with Gasteiger partial charge in [0.15, 0.2) is 0 Å². The molecule has 6 heteroatoms. The summed E-state index contributed by atoms with van der Waals surface area (Å²) in [5.74, 6) is 1.15. The number of nitrogens with one attached hydrogen (secondary N) is 2. The largest absolute Gasteiger partial charge is 0.480 e. The van der Waals surface area contributed by atoms with Crippen molar-refractivity contribution >= 4 is 23.6 Å². The molecule has 1 aliphatic heterocycles. The Kier molecular flexibility index (Phi) is 4.22. The van der Waals surface area contributed by atoms with Gasteiger partial charge in [0.05, 0.1) is 6.61 Å². The number of carbonyl (C=O) groups excluding carboxylic acids is 1. The minimum Gasteiger partial charge on any atom is -0.480 e. The van der Waals surface area contributed by atoms with Gasteiger partial charge in [0.25, 0.3) is 0 Å². The Bertz CT molecular complexity index is 787. The van der Waals surface area contributed by atoms with Crippen molar-refractivity contribution in [1.29, 1.82) is 0 Å². The summed E-state index contributed by atoms with van der Waals surface area (Å²) in [5, 5.41) is 14.8. The van der Waals surface area contributed by atoms with Crippen LogP contribution in [-0.2, 0) is 0 Å². The zero-order valence-electron chi connectivity index (χ0n) is 13.5. The quantitative estimate of drug-likeness (QED) is 0.809. The predicted molar refractivity (Wildman–Crippen MR) is 93.2 cm³/mol. The Morgan fingerprint density at radius 1 is 1.29 bits per heavy atom. The monoisotopic (exact) mass is 325 g/mol. The van der Waals surface area contributed by atoms with E-state index in [4.69, 9.17) is 4.74 Å². The van der Waals surface area contributed by atoms with E-state index in [0.29, 0.717) is 17.3 Å². The highest BCUT2D eigenvalue weighted by atomic mass is 16.5. The van der Waals surface area contributed by atoms with Crippen LogP contribution in [0.3, 0.4) is 0 Å². The van der Waals surface area contributed by atoms with Crippen molar-refractivity contribution in [2.24, 2.45) is 0 Å². The van der Waals surface area contributed by atoms with Crippen molar-refractivity contribution in [3.63, 3.8) is 0 Å². The molecule has 1 aromatic carbocycles. The predicted octanol–water partition coefficient (Wildman–Crippen LogP) is 3.19. The second-order valence-corrected chi connectivity index (χ2v) is 5.96. The molecule has 0 aliphatic carbocycles. The van der Waals surface area contributed by atoms with Crippen molar-refractivity contribution < 1.29 is 14.6 Å². The number of pyridine rings is 1. The molecule has 0 fully saturated rings. The van der Waals surface area contributed by atoms with E-state index in [1.54, 1.807) is 37.4 Å². The van der Waals surface area contributed by atoms with Gasteiger partial charge in [-0.2, -0.15) is 0 Å². The number of hydrogen-bond donors (Lipinski definition) is 3. The van der Waals surface area contributed by atoms with E-state index in [9.17, 15) is 9.90 Å². The van der Waals surface area contributed by atoms with Crippen LogP contribution in [0.25, 0.3) is 6.08 Å². The van der Waals surface area contributed by atoms with Crippen LogP contribution in [0, 0.1) is 6.92 Å². The fourth-order valence-corrected chi connectivity index (χ4v) is 2.31. The molecule has 0 radical (unpaired) electrons. The van der Waals surface area contributed by atoms with Gasteiger partial charge in [0.2, 0.25) is 0 Å². The highest BCUT2D eigenvalue weighted by molar-refractivity contribution is 5.99. The Labute approximate surface area is 140 Å². The lowest BCUT2D eigenvalue weighted by Crippen LogP contribution is -2.35. The maximum Gasteiger partial charge on any atom is 0.324 e. The normalized spacial score (nSPS) is 18.5. The lowest BCUT2D eigenvalue weighted by Gasteiger charge is -2.29. The van der Waals surface area contributed by atoms with Gasteiger partial charge in [0, 0.05) is 17.4 Å². The molecule has 0 saturated heterocycles. The third kappa shape index (κ3) is 3.55. The highest BCUT2D eigenvalue weighted by Crippen LogP contribution is 2.32. The van der Waals surface area contributed by atoms with E-state index in [1.165, 1.54) is 0 Å². The first-order valence-electron chi connectivity index (χ1n) is 7.61. The number of urea groups is 1. The summed E-state index contributed by atoms with van der Waals surface area (Å²) in [6.45, 7) is 3.64. The zero-order chi connectivity index (χ0) is 17.2. The summed E-state index contributed by atoms with van der Waals surface area (Å²) in [6, 6.07) is 8.58. The van der Waals surface area contributed by atoms with Crippen molar-refractivity contribution in [1.82, 2.24) is 4.98 Å². The number of benzene rings is 1. The van der Waals surface area contributed by atoms with E-state index < -0.39 is 5.60 Å². The first-order valence-corrected chi connectivity index (χ1v) is 7.61. The van der Waals surface area contributed by atoms with Gasteiger partial charge in [-0.3, -0.25) is 5.32 Å². The molecule has 3 rings (SSSR count). The van der Waals surface area contributed by atoms with Gasteiger partial charge in [-0.15, -0.1) is 0 Å². The van der Waals surface area contributed by atoms with Crippen LogP contribution in [0.15, 0.2) is 42.6 Å². The van der Waals surface area contributed by atoms with Crippen LogP contribution in [0.5, 0.6) is 5.75 Å². The number of rotatable bonds is 3. The Balaban J connectivity index is 1.68. The average molecular weight is 325 g/mol. The summed E-state index contributed by atoms with van der Waals surface area (Å²) < 4.78 is 5.76. The molecular formula is C18H19N3O3. The van der Waals surface area contributed by atoms with Crippen molar-refractivity contribution in [3.05, 3.63) is 53.7 Å². The molecular weight excluding hydrogens is 306 g/mol. The summed E-state index contributed by atoms with van der Waals surface area (Å²) >= 11 is 0. The second kappa shape index (κ2) is 6.33. The van der Waals surface area contributed by atoms with E-state index in [2.05, 4.69) is 15.6 Å². The van der Waals surface area contributed by atoms with Crippen molar-refractivity contribution in [2.75, 3.05) is 17.2 Å². The molecule has 1 unspecified atom stereocenters. The first-order chi connectivity index (χ1) is 11.5. The Morgan fingerprint density at radius 3 is 2.83 bits per heavy atom. The molecule has 24 heavy (non-hydrogen) atoms. The lowest BCUT2D eigenvalue weighted by molar-refractivity contribution is 0.0641. The molecule has 1 aliphatic rings. The molecule has 0 spiro atoms.